The summed E-state index contributed by atoms with van der Waals surface area (Å²) in [6, 6.07) is 5.71. The summed E-state index contributed by atoms with van der Waals surface area (Å²) in [7, 11) is 1.81. The maximum Gasteiger partial charge on any atom is 0.260 e. The van der Waals surface area contributed by atoms with E-state index in [9.17, 15) is 4.79 Å². The minimum atomic E-state index is -0.0748. The van der Waals surface area contributed by atoms with Crippen LogP contribution in [0.3, 0.4) is 0 Å². The number of rotatable bonds is 5. The van der Waals surface area contributed by atoms with Gasteiger partial charge in [0.25, 0.3) is 5.91 Å². The summed E-state index contributed by atoms with van der Waals surface area (Å²) in [6.45, 7) is 1.91. The van der Waals surface area contributed by atoms with Crippen LogP contribution < -0.4 is 10.5 Å². The molecule has 19 heavy (non-hydrogen) atoms. The zero-order chi connectivity index (χ0) is 14.0. The van der Waals surface area contributed by atoms with Gasteiger partial charge in [-0.1, -0.05) is 17.7 Å². The highest BCUT2D eigenvalue weighted by Crippen LogP contribution is 2.28. The standard InChI is InChI=1S/C14H19ClN2O2/c1-9(16)10-3-6-13(12(15)7-10)19-8-14(18)17(2)11-4-5-11/h3,6-7,9,11H,4-5,8,16H2,1-2H3/t9-/m1/s1. The number of amides is 1. The molecule has 1 aromatic carbocycles. The molecule has 0 unspecified atom stereocenters. The lowest BCUT2D eigenvalue weighted by Gasteiger charge is -2.17. The minimum absolute atomic E-state index is 0.0181. The molecule has 1 saturated carbocycles. The highest BCUT2D eigenvalue weighted by molar-refractivity contribution is 6.32. The summed E-state index contributed by atoms with van der Waals surface area (Å²) in [5, 5.41) is 0.483. The van der Waals surface area contributed by atoms with E-state index in [2.05, 4.69) is 0 Å². The first-order valence-electron chi connectivity index (χ1n) is 6.42. The van der Waals surface area contributed by atoms with Crippen LogP contribution in [0.4, 0.5) is 0 Å². The molecule has 1 fully saturated rings. The molecule has 104 valence electrons. The van der Waals surface area contributed by atoms with Crippen molar-refractivity contribution in [1.82, 2.24) is 4.90 Å². The molecule has 1 aliphatic carbocycles. The van der Waals surface area contributed by atoms with Crippen molar-refractivity contribution in [2.75, 3.05) is 13.7 Å². The molecule has 0 bridgehead atoms. The van der Waals surface area contributed by atoms with Gasteiger partial charge in [-0.2, -0.15) is 0 Å². The molecular weight excluding hydrogens is 264 g/mol. The third-order valence-electron chi connectivity index (χ3n) is 3.32. The summed E-state index contributed by atoms with van der Waals surface area (Å²) < 4.78 is 5.47. The van der Waals surface area contributed by atoms with E-state index >= 15 is 0 Å². The zero-order valence-corrected chi connectivity index (χ0v) is 12.0. The van der Waals surface area contributed by atoms with Crippen molar-refractivity contribution < 1.29 is 9.53 Å². The SMILES string of the molecule is C[C@@H](N)c1ccc(OCC(=O)N(C)C2CC2)c(Cl)c1. The third kappa shape index (κ3) is 3.61. The second-order valence-corrected chi connectivity index (χ2v) is 5.41. The van der Waals surface area contributed by atoms with E-state index in [1.54, 1.807) is 17.0 Å². The smallest absolute Gasteiger partial charge is 0.260 e. The van der Waals surface area contributed by atoms with Gasteiger partial charge in [0.1, 0.15) is 5.75 Å². The van der Waals surface area contributed by atoms with Crippen LogP contribution in [0.25, 0.3) is 0 Å². The van der Waals surface area contributed by atoms with E-state index in [1.165, 1.54) is 0 Å². The highest BCUT2D eigenvalue weighted by Gasteiger charge is 2.29. The molecular formula is C14H19ClN2O2. The van der Waals surface area contributed by atoms with E-state index in [0.717, 1.165) is 18.4 Å². The predicted molar refractivity (Wildman–Crippen MR) is 75.3 cm³/mol. The normalized spacial score (nSPS) is 16.0. The van der Waals surface area contributed by atoms with Gasteiger partial charge in [0.15, 0.2) is 6.61 Å². The number of halogens is 1. The van der Waals surface area contributed by atoms with E-state index in [4.69, 9.17) is 22.1 Å². The van der Waals surface area contributed by atoms with Crippen molar-refractivity contribution in [3.63, 3.8) is 0 Å². The molecule has 2 N–H and O–H groups in total. The Kier molecular flexibility index (Phi) is 4.32. The molecule has 0 saturated heterocycles. The summed E-state index contributed by atoms with van der Waals surface area (Å²) >= 11 is 6.11. The molecule has 5 heteroatoms. The molecule has 0 radical (unpaired) electrons. The van der Waals surface area contributed by atoms with Crippen molar-refractivity contribution in [2.45, 2.75) is 31.8 Å². The van der Waals surface area contributed by atoms with Crippen molar-refractivity contribution in [2.24, 2.45) is 5.73 Å². The van der Waals surface area contributed by atoms with Crippen LogP contribution in [0.5, 0.6) is 5.75 Å². The lowest BCUT2D eigenvalue weighted by Crippen LogP contribution is -2.33. The maximum atomic E-state index is 11.8. The Morgan fingerprint density at radius 3 is 2.79 bits per heavy atom. The Morgan fingerprint density at radius 1 is 1.58 bits per heavy atom. The lowest BCUT2D eigenvalue weighted by atomic mass is 10.1. The Bertz CT molecular complexity index is 473. The van der Waals surface area contributed by atoms with E-state index < -0.39 is 0 Å². The first-order chi connectivity index (χ1) is 8.99. The molecule has 0 spiro atoms. The quantitative estimate of drug-likeness (QED) is 0.902. The minimum Gasteiger partial charge on any atom is -0.482 e. The van der Waals surface area contributed by atoms with Gasteiger partial charge < -0.3 is 15.4 Å². The van der Waals surface area contributed by atoms with Gasteiger partial charge in [0, 0.05) is 19.1 Å². The maximum absolute atomic E-state index is 11.8. The van der Waals surface area contributed by atoms with Crippen molar-refractivity contribution in [3.8, 4) is 5.75 Å². The van der Waals surface area contributed by atoms with E-state index in [1.807, 2.05) is 20.0 Å². The van der Waals surface area contributed by atoms with E-state index in [0.29, 0.717) is 16.8 Å². The first kappa shape index (κ1) is 14.2. The monoisotopic (exact) mass is 282 g/mol. The van der Waals surface area contributed by atoms with Gasteiger partial charge in [-0.3, -0.25) is 4.79 Å². The Labute approximate surface area is 118 Å². The van der Waals surface area contributed by atoms with Crippen LogP contribution in [0.1, 0.15) is 31.4 Å². The number of nitrogens with zero attached hydrogens (tertiary/aromatic N) is 1. The number of benzene rings is 1. The second-order valence-electron chi connectivity index (χ2n) is 5.00. The fourth-order valence-corrected chi connectivity index (χ4v) is 2.07. The lowest BCUT2D eigenvalue weighted by molar-refractivity contribution is -0.132. The molecule has 2 rings (SSSR count). The van der Waals surface area contributed by atoms with Crippen LogP contribution >= 0.6 is 11.6 Å². The first-order valence-corrected chi connectivity index (χ1v) is 6.80. The number of nitrogens with two attached hydrogens (primary N) is 1. The molecule has 1 amide bonds. The third-order valence-corrected chi connectivity index (χ3v) is 3.62. The summed E-state index contributed by atoms with van der Waals surface area (Å²) in [5.74, 6) is 0.499. The number of hydrogen-bond donors (Lipinski definition) is 1. The fourth-order valence-electron chi connectivity index (χ4n) is 1.82. The van der Waals surface area contributed by atoms with E-state index in [-0.39, 0.29) is 18.6 Å². The van der Waals surface area contributed by atoms with Gasteiger partial charge in [0.2, 0.25) is 0 Å². The number of ether oxygens (including phenoxy) is 1. The predicted octanol–water partition coefficient (Wildman–Crippen LogP) is 2.36. The average Bonchev–Trinajstić information content (AvgIpc) is 3.20. The summed E-state index contributed by atoms with van der Waals surface area (Å²) in [4.78, 5) is 13.6. The van der Waals surface area contributed by atoms with Crippen LogP contribution in [0.2, 0.25) is 5.02 Å². The molecule has 1 aromatic rings. The van der Waals surface area contributed by atoms with Crippen LogP contribution in [-0.2, 0) is 4.79 Å². The highest BCUT2D eigenvalue weighted by atomic mass is 35.5. The largest absolute Gasteiger partial charge is 0.482 e. The topological polar surface area (TPSA) is 55.6 Å². The van der Waals surface area contributed by atoms with Crippen molar-refractivity contribution in [1.29, 1.82) is 0 Å². The average molecular weight is 283 g/mol. The van der Waals surface area contributed by atoms with Crippen molar-refractivity contribution >= 4 is 17.5 Å². The van der Waals surface area contributed by atoms with Crippen molar-refractivity contribution in [3.05, 3.63) is 28.8 Å². The van der Waals surface area contributed by atoms with Gasteiger partial charge in [0.05, 0.1) is 5.02 Å². The Hall–Kier alpha value is -1.26. The van der Waals surface area contributed by atoms with Gasteiger partial charge in [-0.25, -0.2) is 0 Å². The van der Waals surface area contributed by atoms with Gasteiger partial charge in [-0.15, -0.1) is 0 Å². The van der Waals surface area contributed by atoms with Crippen LogP contribution in [0, 0.1) is 0 Å². The number of carbonyl (C=O) groups is 1. The molecule has 1 atom stereocenters. The number of hydrogen-bond acceptors (Lipinski definition) is 3. The molecule has 4 nitrogen and oxygen atoms in total. The van der Waals surface area contributed by atoms with Crippen LogP contribution in [0.15, 0.2) is 18.2 Å². The number of likely N-dealkylation sites (N-methyl/N-ethyl adjacent to an activating group) is 1. The number of carbonyl (C=O) groups excluding carboxylic acids is 1. The zero-order valence-electron chi connectivity index (χ0n) is 11.2. The Morgan fingerprint density at radius 2 is 2.26 bits per heavy atom. The second kappa shape index (κ2) is 5.80. The molecule has 1 aliphatic rings. The Balaban J connectivity index is 1.93. The molecule has 0 aromatic heterocycles. The van der Waals surface area contributed by atoms with Gasteiger partial charge in [-0.05, 0) is 37.5 Å². The summed E-state index contributed by atoms with van der Waals surface area (Å²) in [6.07, 6.45) is 2.18. The fraction of sp³-hybridized carbons (Fsp3) is 0.500. The van der Waals surface area contributed by atoms with Gasteiger partial charge >= 0.3 is 0 Å². The summed E-state index contributed by atoms with van der Waals surface area (Å²) in [5.41, 5.74) is 6.72. The van der Waals surface area contributed by atoms with Crippen LogP contribution in [-0.4, -0.2) is 30.5 Å². The molecule has 0 heterocycles. The molecule has 0 aliphatic heterocycles.